The van der Waals surface area contributed by atoms with Crippen molar-refractivity contribution in [1.82, 2.24) is 0 Å². The topological polar surface area (TPSA) is 46.6 Å². The Hall–Kier alpha value is -3.02. The van der Waals surface area contributed by atoms with Gasteiger partial charge < -0.3 is 4.74 Å². The molecule has 1 aliphatic rings. The first-order chi connectivity index (χ1) is 15.1. The third kappa shape index (κ3) is 4.38. The summed E-state index contributed by atoms with van der Waals surface area (Å²) in [5, 5.41) is 0.563. The third-order valence-electron chi connectivity index (χ3n) is 4.71. The first-order valence-corrected chi connectivity index (χ1v) is 11.1. The Kier molecular flexibility index (Phi) is 6.44. The Morgan fingerprint density at radius 2 is 1.55 bits per heavy atom. The Morgan fingerprint density at radius 3 is 2.26 bits per heavy atom. The average Bonchev–Trinajstić information content (AvgIpc) is 3.03. The van der Waals surface area contributed by atoms with Crippen molar-refractivity contribution in [3.05, 3.63) is 94.4 Å². The molecule has 2 amide bonds. The summed E-state index contributed by atoms with van der Waals surface area (Å²) in [7, 11) is 0. The van der Waals surface area contributed by atoms with Crippen molar-refractivity contribution >= 4 is 46.4 Å². The van der Waals surface area contributed by atoms with Crippen LogP contribution in [0.5, 0.6) is 5.75 Å². The molecule has 1 heterocycles. The first-order valence-electron chi connectivity index (χ1n) is 9.94. The van der Waals surface area contributed by atoms with Crippen LogP contribution in [-0.2, 0) is 9.59 Å². The molecule has 0 radical (unpaired) electrons. The number of anilines is 1. The molecule has 0 saturated heterocycles. The van der Waals surface area contributed by atoms with Crippen LogP contribution in [0.15, 0.2) is 88.7 Å². The van der Waals surface area contributed by atoms with Crippen LogP contribution in [0.2, 0.25) is 5.02 Å². The van der Waals surface area contributed by atoms with Gasteiger partial charge in [-0.05, 0) is 48.4 Å². The number of carbonyl (C=O) groups excluding carboxylic acids is 2. The van der Waals surface area contributed by atoms with Gasteiger partial charge in [0.25, 0.3) is 11.8 Å². The second-order valence-electron chi connectivity index (χ2n) is 6.89. The Morgan fingerprint density at radius 1 is 0.871 bits per heavy atom. The normalized spacial score (nSPS) is 13.8. The standard InChI is InChI=1S/C25H20ClNO3S/c1-2-16-30-21-11-7-6-10-20(21)27-24(28)22(17-12-14-18(26)15-13-17)23(25(27)29)31-19-8-4-3-5-9-19/h3-15H,2,16H2,1H3. The van der Waals surface area contributed by atoms with Gasteiger partial charge in [-0.15, -0.1) is 0 Å². The van der Waals surface area contributed by atoms with E-state index in [0.717, 1.165) is 11.3 Å². The lowest BCUT2D eigenvalue weighted by Gasteiger charge is -2.19. The van der Waals surface area contributed by atoms with Crippen molar-refractivity contribution in [2.75, 3.05) is 11.5 Å². The van der Waals surface area contributed by atoms with Crippen molar-refractivity contribution in [1.29, 1.82) is 0 Å². The number of carbonyl (C=O) groups is 2. The number of halogens is 1. The van der Waals surface area contributed by atoms with E-state index in [1.807, 2.05) is 43.3 Å². The number of ether oxygens (including phenoxy) is 1. The summed E-state index contributed by atoms with van der Waals surface area (Å²) in [5.41, 5.74) is 1.46. The van der Waals surface area contributed by atoms with Gasteiger partial charge in [0.15, 0.2) is 0 Å². The zero-order chi connectivity index (χ0) is 21.8. The molecule has 0 atom stereocenters. The molecule has 3 aromatic carbocycles. The van der Waals surface area contributed by atoms with Gasteiger partial charge in [0.05, 0.1) is 22.8 Å². The minimum atomic E-state index is -0.377. The van der Waals surface area contributed by atoms with Crippen molar-refractivity contribution in [2.45, 2.75) is 18.2 Å². The summed E-state index contributed by atoms with van der Waals surface area (Å²) >= 11 is 7.33. The van der Waals surface area contributed by atoms with Gasteiger partial charge in [0.1, 0.15) is 5.75 Å². The van der Waals surface area contributed by atoms with E-state index in [2.05, 4.69) is 0 Å². The van der Waals surface area contributed by atoms with Crippen LogP contribution >= 0.6 is 23.4 Å². The molecule has 1 aliphatic heterocycles. The fraction of sp³-hybridized carbons (Fsp3) is 0.120. The van der Waals surface area contributed by atoms with Crippen LogP contribution in [-0.4, -0.2) is 18.4 Å². The van der Waals surface area contributed by atoms with E-state index in [1.165, 1.54) is 16.7 Å². The van der Waals surface area contributed by atoms with Crippen LogP contribution in [0.4, 0.5) is 5.69 Å². The fourth-order valence-electron chi connectivity index (χ4n) is 3.28. The van der Waals surface area contributed by atoms with Gasteiger partial charge >= 0.3 is 0 Å². The maximum atomic E-state index is 13.6. The largest absolute Gasteiger partial charge is 0.491 e. The molecule has 31 heavy (non-hydrogen) atoms. The van der Waals surface area contributed by atoms with E-state index in [9.17, 15) is 9.59 Å². The summed E-state index contributed by atoms with van der Waals surface area (Å²) in [6, 6.07) is 23.6. The van der Waals surface area contributed by atoms with Crippen LogP contribution < -0.4 is 9.64 Å². The zero-order valence-corrected chi connectivity index (χ0v) is 18.5. The van der Waals surface area contributed by atoms with Crippen LogP contribution in [0, 0.1) is 0 Å². The van der Waals surface area contributed by atoms with Crippen molar-refractivity contribution in [3.8, 4) is 5.75 Å². The van der Waals surface area contributed by atoms with Crippen LogP contribution in [0.25, 0.3) is 5.57 Å². The van der Waals surface area contributed by atoms with E-state index in [1.54, 1.807) is 42.5 Å². The predicted molar refractivity (Wildman–Crippen MR) is 125 cm³/mol. The number of amides is 2. The summed E-state index contributed by atoms with van der Waals surface area (Å²) in [6.45, 7) is 2.50. The first kappa shape index (κ1) is 21.2. The molecule has 0 aliphatic carbocycles. The Labute approximate surface area is 190 Å². The van der Waals surface area contributed by atoms with Crippen molar-refractivity contribution in [3.63, 3.8) is 0 Å². The number of imide groups is 1. The monoisotopic (exact) mass is 449 g/mol. The van der Waals surface area contributed by atoms with Crippen molar-refractivity contribution in [2.24, 2.45) is 0 Å². The molecule has 0 N–H and O–H groups in total. The van der Waals surface area contributed by atoms with Gasteiger partial charge in [0.2, 0.25) is 0 Å². The summed E-state index contributed by atoms with van der Waals surface area (Å²) < 4.78 is 5.82. The predicted octanol–water partition coefficient (Wildman–Crippen LogP) is 6.21. The highest BCUT2D eigenvalue weighted by molar-refractivity contribution is 8.04. The number of hydrogen-bond acceptors (Lipinski definition) is 4. The molecule has 4 nitrogen and oxygen atoms in total. The highest BCUT2D eigenvalue weighted by Gasteiger charge is 2.41. The number of thioether (sulfide) groups is 1. The van der Waals surface area contributed by atoms with Crippen molar-refractivity contribution < 1.29 is 14.3 Å². The fourth-order valence-corrected chi connectivity index (χ4v) is 4.42. The number of rotatable bonds is 7. The molecule has 0 spiro atoms. The molecule has 0 unspecified atom stereocenters. The third-order valence-corrected chi connectivity index (χ3v) is 6.05. The maximum absolute atomic E-state index is 13.6. The lowest BCUT2D eigenvalue weighted by atomic mass is 10.1. The second kappa shape index (κ2) is 9.41. The molecule has 0 bridgehead atoms. The zero-order valence-electron chi connectivity index (χ0n) is 16.9. The molecule has 0 fully saturated rings. The highest BCUT2D eigenvalue weighted by atomic mass is 35.5. The number of hydrogen-bond donors (Lipinski definition) is 0. The van der Waals surface area contributed by atoms with E-state index < -0.39 is 0 Å². The quantitative estimate of drug-likeness (QED) is 0.402. The number of benzene rings is 3. The SMILES string of the molecule is CCCOc1ccccc1N1C(=O)C(Sc2ccccc2)=C(c2ccc(Cl)cc2)C1=O. The molecule has 0 saturated carbocycles. The molecule has 156 valence electrons. The Bertz CT molecular complexity index is 1140. The van der Waals surface area contributed by atoms with E-state index in [0.29, 0.717) is 39.1 Å². The summed E-state index contributed by atoms with van der Waals surface area (Å²) in [5.74, 6) is -0.234. The van der Waals surface area contributed by atoms with Gasteiger partial charge in [-0.2, -0.15) is 0 Å². The minimum absolute atomic E-state index is 0.362. The van der Waals surface area contributed by atoms with E-state index >= 15 is 0 Å². The van der Waals surface area contributed by atoms with Crippen LogP contribution in [0.1, 0.15) is 18.9 Å². The summed E-state index contributed by atoms with van der Waals surface area (Å²) in [6.07, 6.45) is 0.819. The molecule has 3 aromatic rings. The second-order valence-corrected chi connectivity index (χ2v) is 8.41. The molecule has 6 heteroatoms. The van der Waals surface area contributed by atoms with Crippen LogP contribution in [0.3, 0.4) is 0 Å². The van der Waals surface area contributed by atoms with Gasteiger partial charge in [-0.25, -0.2) is 4.90 Å². The number of nitrogens with zero attached hydrogens (tertiary/aromatic N) is 1. The summed E-state index contributed by atoms with van der Waals surface area (Å²) in [4.78, 5) is 29.6. The maximum Gasteiger partial charge on any atom is 0.273 e. The number of para-hydroxylation sites is 2. The highest BCUT2D eigenvalue weighted by Crippen LogP contribution is 2.43. The Balaban J connectivity index is 1.80. The molecule has 4 rings (SSSR count). The lowest BCUT2D eigenvalue weighted by Crippen LogP contribution is -2.31. The molecular weight excluding hydrogens is 430 g/mol. The minimum Gasteiger partial charge on any atom is -0.491 e. The van der Waals surface area contributed by atoms with Gasteiger partial charge in [-0.1, -0.05) is 72.8 Å². The average molecular weight is 450 g/mol. The lowest BCUT2D eigenvalue weighted by molar-refractivity contribution is -0.119. The molecular formula is C25H20ClNO3S. The smallest absolute Gasteiger partial charge is 0.273 e. The van der Waals surface area contributed by atoms with E-state index in [-0.39, 0.29) is 11.8 Å². The van der Waals surface area contributed by atoms with Gasteiger partial charge in [-0.3, -0.25) is 9.59 Å². The van der Waals surface area contributed by atoms with Gasteiger partial charge in [0, 0.05) is 9.92 Å². The van der Waals surface area contributed by atoms with E-state index in [4.69, 9.17) is 16.3 Å². The molecule has 0 aromatic heterocycles.